The van der Waals surface area contributed by atoms with Crippen molar-refractivity contribution in [2.24, 2.45) is 0 Å². The zero-order valence-corrected chi connectivity index (χ0v) is 11.3. The van der Waals surface area contributed by atoms with Gasteiger partial charge in [-0.3, -0.25) is 4.40 Å². The lowest BCUT2D eigenvalue weighted by Crippen LogP contribution is -2.29. The fraction of sp³-hybridized carbons (Fsp3) is 0.500. The predicted molar refractivity (Wildman–Crippen MR) is 75.3 cm³/mol. The fourth-order valence-electron chi connectivity index (χ4n) is 2.23. The number of hydrogen-bond acceptors (Lipinski definition) is 4. The highest BCUT2D eigenvalue weighted by atomic mass is 16.3. The van der Waals surface area contributed by atoms with Crippen molar-refractivity contribution < 1.29 is 10.2 Å². The minimum absolute atomic E-state index is 0.0609. The molecule has 2 aromatic rings. The van der Waals surface area contributed by atoms with E-state index in [1.54, 1.807) is 0 Å². The average Bonchev–Trinajstić information content (AvgIpc) is 2.81. The van der Waals surface area contributed by atoms with Gasteiger partial charge in [0.2, 0.25) is 0 Å². The second-order valence-corrected chi connectivity index (χ2v) is 4.53. The molecule has 2 aromatic heterocycles. The summed E-state index contributed by atoms with van der Waals surface area (Å²) in [6, 6.07) is 5.76. The van der Waals surface area contributed by atoms with Gasteiger partial charge in [0.15, 0.2) is 5.82 Å². The Hall–Kier alpha value is -1.59. The predicted octanol–water partition coefficient (Wildman–Crippen LogP) is 1.43. The Balaban J connectivity index is 2.39. The van der Waals surface area contributed by atoms with Crippen LogP contribution in [0.4, 0.5) is 5.82 Å². The second-order valence-electron chi connectivity index (χ2n) is 4.53. The maximum atomic E-state index is 9.60. The van der Waals surface area contributed by atoms with Crippen LogP contribution in [0, 0.1) is 0 Å². The number of nitrogens with zero attached hydrogens (tertiary/aromatic N) is 3. The van der Waals surface area contributed by atoms with Crippen LogP contribution in [0.15, 0.2) is 24.4 Å². The van der Waals surface area contributed by atoms with Crippen molar-refractivity contribution in [3.05, 3.63) is 30.1 Å². The van der Waals surface area contributed by atoms with Crippen LogP contribution < -0.4 is 4.90 Å². The molecule has 0 saturated carbocycles. The molecule has 19 heavy (non-hydrogen) atoms. The van der Waals surface area contributed by atoms with Crippen LogP contribution in [0.25, 0.3) is 5.65 Å². The first-order valence-corrected chi connectivity index (χ1v) is 6.74. The lowest BCUT2D eigenvalue weighted by Gasteiger charge is -2.22. The van der Waals surface area contributed by atoms with Crippen LogP contribution in [0.3, 0.4) is 0 Å². The first-order chi connectivity index (χ1) is 9.31. The smallest absolute Gasteiger partial charge is 0.153 e. The summed E-state index contributed by atoms with van der Waals surface area (Å²) in [6.07, 6.45) is 4.02. The maximum Gasteiger partial charge on any atom is 0.153 e. The Morgan fingerprint density at radius 3 is 2.79 bits per heavy atom. The van der Waals surface area contributed by atoms with Crippen molar-refractivity contribution in [2.75, 3.05) is 24.6 Å². The second kappa shape index (κ2) is 6.54. The lowest BCUT2D eigenvalue weighted by atomic mass is 10.3. The number of hydrogen-bond donors (Lipinski definition) is 2. The molecule has 5 heteroatoms. The third kappa shape index (κ3) is 2.88. The van der Waals surface area contributed by atoms with Crippen LogP contribution in [-0.4, -0.2) is 39.3 Å². The minimum atomic E-state index is -0.0609. The first-order valence-electron chi connectivity index (χ1n) is 6.74. The van der Waals surface area contributed by atoms with Crippen molar-refractivity contribution in [2.45, 2.75) is 26.4 Å². The van der Waals surface area contributed by atoms with E-state index in [4.69, 9.17) is 0 Å². The van der Waals surface area contributed by atoms with Crippen LogP contribution in [0.1, 0.15) is 25.5 Å². The van der Waals surface area contributed by atoms with Crippen LogP contribution in [-0.2, 0) is 6.61 Å². The zero-order chi connectivity index (χ0) is 13.7. The molecule has 2 heterocycles. The molecule has 0 saturated heterocycles. The van der Waals surface area contributed by atoms with Gasteiger partial charge in [0.25, 0.3) is 0 Å². The van der Waals surface area contributed by atoms with Gasteiger partial charge in [-0.2, -0.15) is 0 Å². The monoisotopic (exact) mass is 263 g/mol. The Bertz CT molecular complexity index is 524. The van der Waals surface area contributed by atoms with Crippen LogP contribution in [0.5, 0.6) is 0 Å². The van der Waals surface area contributed by atoms with Gasteiger partial charge in [0.05, 0.1) is 18.9 Å². The van der Waals surface area contributed by atoms with Crippen molar-refractivity contribution in [1.29, 1.82) is 0 Å². The molecule has 0 amide bonds. The topological polar surface area (TPSA) is 61.0 Å². The van der Waals surface area contributed by atoms with E-state index >= 15 is 0 Å². The molecule has 2 rings (SSSR count). The SMILES string of the molecule is CCCCN(CCO)c1nc2ccccn2c1CO. The summed E-state index contributed by atoms with van der Waals surface area (Å²) in [5.74, 6) is 0.774. The molecule has 0 aliphatic heterocycles. The molecule has 0 spiro atoms. The maximum absolute atomic E-state index is 9.60. The lowest BCUT2D eigenvalue weighted by molar-refractivity contribution is 0.275. The normalized spacial score (nSPS) is 11.1. The molecule has 0 fully saturated rings. The van der Waals surface area contributed by atoms with E-state index in [0.717, 1.165) is 36.5 Å². The molecule has 0 radical (unpaired) electrons. The summed E-state index contributed by atoms with van der Waals surface area (Å²) in [4.78, 5) is 6.62. The first kappa shape index (κ1) is 13.8. The van der Waals surface area contributed by atoms with Gasteiger partial charge < -0.3 is 15.1 Å². The largest absolute Gasteiger partial charge is 0.395 e. The number of rotatable bonds is 7. The van der Waals surface area contributed by atoms with Crippen molar-refractivity contribution in [1.82, 2.24) is 9.38 Å². The van der Waals surface area contributed by atoms with Crippen LogP contribution in [0.2, 0.25) is 0 Å². The summed E-state index contributed by atoms with van der Waals surface area (Å²) in [7, 11) is 0. The number of anilines is 1. The molecule has 2 N–H and O–H groups in total. The highest BCUT2D eigenvalue weighted by molar-refractivity contribution is 5.55. The number of aliphatic hydroxyl groups is 2. The summed E-state index contributed by atoms with van der Waals surface area (Å²) in [5, 5.41) is 18.8. The van der Waals surface area contributed by atoms with Gasteiger partial charge in [-0.05, 0) is 18.6 Å². The highest BCUT2D eigenvalue weighted by Crippen LogP contribution is 2.22. The highest BCUT2D eigenvalue weighted by Gasteiger charge is 2.16. The molecule has 0 aromatic carbocycles. The molecule has 5 nitrogen and oxygen atoms in total. The third-order valence-corrected chi connectivity index (χ3v) is 3.21. The fourth-order valence-corrected chi connectivity index (χ4v) is 2.23. The van der Waals surface area contributed by atoms with Crippen molar-refractivity contribution in [3.8, 4) is 0 Å². The molecule has 0 aliphatic carbocycles. The molecular weight excluding hydrogens is 242 g/mol. The standard InChI is InChI=1S/C14H21N3O2/c1-2-3-7-16(9-10-18)14-12(11-19)17-8-5-4-6-13(17)15-14/h4-6,8,18-19H,2-3,7,9-11H2,1H3. The van der Waals surface area contributed by atoms with E-state index in [9.17, 15) is 10.2 Å². The summed E-state index contributed by atoms with van der Waals surface area (Å²) >= 11 is 0. The number of pyridine rings is 1. The van der Waals surface area contributed by atoms with Gasteiger partial charge in [0, 0.05) is 19.3 Å². The average molecular weight is 263 g/mol. The molecule has 0 aliphatic rings. The van der Waals surface area contributed by atoms with Crippen LogP contribution >= 0.6 is 0 Å². The van der Waals surface area contributed by atoms with E-state index in [-0.39, 0.29) is 13.2 Å². The Morgan fingerprint density at radius 2 is 2.11 bits per heavy atom. The molecule has 104 valence electrons. The number of aliphatic hydroxyl groups excluding tert-OH is 2. The quantitative estimate of drug-likeness (QED) is 0.793. The Kier molecular flexibility index (Phi) is 4.76. The Labute approximate surface area is 113 Å². The van der Waals surface area contributed by atoms with Gasteiger partial charge in [-0.1, -0.05) is 19.4 Å². The zero-order valence-electron chi connectivity index (χ0n) is 11.3. The molecule has 0 bridgehead atoms. The summed E-state index contributed by atoms with van der Waals surface area (Å²) in [5.41, 5.74) is 1.60. The van der Waals surface area contributed by atoms with Gasteiger partial charge in [0.1, 0.15) is 5.65 Å². The molecule has 0 atom stereocenters. The van der Waals surface area contributed by atoms with Gasteiger partial charge in [-0.15, -0.1) is 0 Å². The number of unbranched alkanes of at least 4 members (excludes halogenated alkanes) is 1. The number of aromatic nitrogens is 2. The van der Waals surface area contributed by atoms with E-state index in [1.807, 2.05) is 33.7 Å². The van der Waals surface area contributed by atoms with Gasteiger partial charge in [-0.25, -0.2) is 4.98 Å². The van der Waals surface area contributed by atoms with E-state index in [0.29, 0.717) is 6.54 Å². The summed E-state index contributed by atoms with van der Waals surface area (Å²) < 4.78 is 1.89. The molecular formula is C14H21N3O2. The minimum Gasteiger partial charge on any atom is -0.395 e. The van der Waals surface area contributed by atoms with Crippen molar-refractivity contribution >= 4 is 11.5 Å². The number of imidazole rings is 1. The van der Waals surface area contributed by atoms with E-state index in [1.165, 1.54) is 0 Å². The van der Waals surface area contributed by atoms with Crippen molar-refractivity contribution in [3.63, 3.8) is 0 Å². The van der Waals surface area contributed by atoms with E-state index in [2.05, 4.69) is 11.9 Å². The Morgan fingerprint density at radius 1 is 1.26 bits per heavy atom. The molecule has 0 unspecified atom stereocenters. The summed E-state index contributed by atoms with van der Waals surface area (Å²) in [6.45, 7) is 3.54. The third-order valence-electron chi connectivity index (χ3n) is 3.21. The number of fused-ring (bicyclic) bond motifs is 1. The van der Waals surface area contributed by atoms with E-state index < -0.39 is 0 Å². The van der Waals surface area contributed by atoms with Gasteiger partial charge >= 0.3 is 0 Å².